The third-order valence-electron chi connectivity index (χ3n) is 2.57. The molecule has 0 radical (unpaired) electrons. The van der Waals surface area contributed by atoms with Gasteiger partial charge in [-0.2, -0.15) is 0 Å². The molecule has 98 valence electrons. The molecule has 5 nitrogen and oxygen atoms in total. The van der Waals surface area contributed by atoms with Crippen LogP contribution in [0.5, 0.6) is 0 Å². The zero-order valence-corrected chi connectivity index (χ0v) is 12.3. The highest BCUT2D eigenvalue weighted by molar-refractivity contribution is 14.1. The van der Waals surface area contributed by atoms with Crippen molar-refractivity contribution >= 4 is 45.3 Å². The van der Waals surface area contributed by atoms with Crippen LogP contribution in [0.2, 0.25) is 0 Å². The first kappa shape index (κ1) is 13.6. The topological polar surface area (TPSA) is 67.2 Å². The van der Waals surface area contributed by atoms with Crippen LogP contribution >= 0.6 is 22.6 Å². The quantitative estimate of drug-likeness (QED) is 0.486. The van der Waals surface area contributed by atoms with Crippen LogP contribution in [-0.4, -0.2) is 12.0 Å². The molecule has 0 bridgehead atoms. The molecule has 0 aromatic heterocycles. The van der Waals surface area contributed by atoms with E-state index in [2.05, 4.69) is 33.2 Å². The number of non-ortho nitro benzene ring substituents is 1. The summed E-state index contributed by atoms with van der Waals surface area (Å²) in [6, 6.07) is 12.6. The molecule has 2 aromatic carbocycles. The fourth-order valence-corrected chi connectivity index (χ4v) is 2.17. The van der Waals surface area contributed by atoms with Crippen LogP contribution < -0.4 is 10.6 Å². The Morgan fingerprint density at radius 2 is 1.84 bits per heavy atom. The summed E-state index contributed by atoms with van der Waals surface area (Å²) in [7, 11) is 1.73. The molecule has 2 N–H and O–H groups in total. The first-order valence-electron chi connectivity index (χ1n) is 5.59. The highest BCUT2D eigenvalue weighted by Gasteiger charge is 2.10. The number of benzene rings is 2. The second-order valence-corrected chi connectivity index (χ2v) is 5.04. The second kappa shape index (κ2) is 5.87. The van der Waals surface area contributed by atoms with Gasteiger partial charge in [-0.05, 0) is 40.8 Å². The predicted octanol–water partition coefficient (Wildman–Crippen LogP) is 3.98. The van der Waals surface area contributed by atoms with Crippen molar-refractivity contribution in [1.82, 2.24) is 0 Å². The number of para-hydroxylation sites is 1. The molecule has 0 heterocycles. The van der Waals surface area contributed by atoms with Crippen molar-refractivity contribution in [2.45, 2.75) is 0 Å². The summed E-state index contributed by atoms with van der Waals surface area (Å²) in [5, 5.41) is 17.0. The summed E-state index contributed by atoms with van der Waals surface area (Å²) in [6.45, 7) is 0. The van der Waals surface area contributed by atoms with Gasteiger partial charge in [0.05, 0.1) is 10.6 Å². The molecular weight excluding hydrogens is 357 g/mol. The number of rotatable bonds is 4. The van der Waals surface area contributed by atoms with Crippen LogP contribution in [0, 0.1) is 13.7 Å². The van der Waals surface area contributed by atoms with Gasteiger partial charge in [-0.15, -0.1) is 0 Å². The normalized spacial score (nSPS) is 10.0. The van der Waals surface area contributed by atoms with Gasteiger partial charge in [0, 0.05) is 34.1 Å². The van der Waals surface area contributed by atoms with Gasteiger partial charge in [0.25, 0.3) is 5.69 Å². The van der Waals surface area contributed by atoms with Gasteiger partial charge >= 0.3 is 0 Å². The summed E-state index contributed by atoms with van der Waals surface area (Å²) in [5.74, 6) is 0. The predicted molar refractivity (Wildman–Crippen MR) is 85.1 cm³/mol. The summed E-state index contributed by atoms with van der Waals surface area (Å²) < 4.78 is 1.05. The number of nitro groups is 1. The van der Waals surface area contributed by atoms with Crippen molar-refractivity contribution in [3.05, 3.63) is 56.1 Å². The molecule has 2 aromatic rings. The molecule has 0 aliphatic carbocycles. The first-order chi connectivity index (χ1) is 9.10. The van der Waals surface area contributed by atoms with E-state index in [0.29, 0.717) is 11.4 Å². The summed E-state index contributed by atoms with van der Waals surface area (Å²) >= 11 is 2.22. The van der Waals surface area contributed by atoms with Crippen LogP contribution in [0.25, 0.3) is 0 Å². The Labute approximate surface area is 124 Å². The van der Waals surface area contributed by atoms with Gasteiger partial charge in [0.1, 0.15) is 0 Å². The summed E-state index contributed by atoms with van der Waals surface area (Å²) in [5.41, 5.74) is 2.36. The molecule has 2 rings (SSSR count). The maximum absolute atomic E-state index is 10.9. The van der Waals surface area contributed by atoms with E-state index in [4.69, 9.17) is 0 Å². The Balaban J connectivity index is 2.37. The molecule has 0 saturated carbocycles. The van der Waals surface area contributed by atoms with Gasteiger partial charge in [-0.3, -0.25) is 10.1 Å². The average molecular weight is 369 g/mol. The molecule has 0 unspecified atom stereocenters. The fourth-order valence-electron chi connectivity index (χ4n) is 1.65. The van der Waals surface area contributed by atoms with Crippen molar-refractivity contribution in [3.8, 4) is 0 Å². The van der Waals surface area contributed by atoms with E-state index in [1.807, 2.05) is 30.3 Å². The lowest BCUT2D eigenvalue weighted by Crippen LogP contribution is -1.97. The van der Waals surface area contributed by atoms with Crippen LogP contribution in [0.15, 0.2) is 42.5 Å². The zero-order valence-electron chi connectivity index (χ0n) is 10.2. The van der Waals surface area contributed by atoms with Crippen molar-refractivity contribution in [2.24, 2.45) is 0 Å². The molecule has 6 heteroatoms. The number of nitrogens with zero attached hydrogens (tertiary/aromatic N) is 1. The lowest BCUT2D eigenvalue weighted by atomic mass is 10.2. The third kappa shape index (κ3) is 3.34. The van der Waals surface area contributed by atoms with Gasteiger partial charge < -0.3 is 10.6 Å². The Morgan fingerprint density at radius 1 is 1.16 bits per heavy atom. The van der Waals surface area contributed by atoms with Crippen LogP contribution in [0.1, 0.15) is 0 Å². The standard InChI is InChI=1S/C13H12IN3O2/c1-15-9-6-10(8-11(7-9)17(18)19)16-13-5-3-2-4-12(13)14/h2-8,15-16H,1H3. The molecule has 0 aliphatic rings. The number of nitro benzene ring substituents is 1. The van der Waals surface area contributed by atoms with Gasteiger partial charge in [-0.1, -0.05) is 12.1 Å². The van der Waals surface area contributed by atoms with Crippen molar-refractivity contribution in [2.75, 3.05) is 17.7 Å². The van der Waals surface area contributed by atoms with Crippen molar-refractivity contribution < 1.29 is 4.92 Å². The largest absolute Gasteiger partial charge is 0.388 e. The molecule has 0 atom stereocenters. The maximum Gasteiger partial charge on any atom is 0.273 e. The molecule has 19 heavy (non-hydrogen) atoms. The van der Waals surface area contributed by atoms with Crippen LogP contribution in [-0.2, 0) is 0 Å². The van der Waals surface area contributed by atoms with E-state index in [1.165, 1.54) is 12.1 Å². The highest BCUT2D eigenvalue weighted by atomic mass is 127. The Kier molecular flexibility index (Phi) is 4.20. The maximum atomic E-state index is 10.9. The SMILES string of the molecule is CNc1cc(Nc2ccccc2I)cc([N+](=O)[O-])c1. The second-order valence-electron chi connectivity index (χ2n) is 3.88. The minimum atomic E-state index is -0.401. The minimum absolute atomic E-state index is 0.0558. The molecule has 0 spiro atoms. The van der Waals surface area contributed by atoms with Crippen molar-refractivity contribution in [1.29, 1.82) is 0 Å². The number of halogens is 1. The average Bonchev–Trinajstić information content (AvgIpc) is 2.41. The molecular formula is C13H12IN3O2. The lowest BCUT2D eigenvalue weighted by molar-refractivity contribution is -0.384. The number of hydrogen-bond acceptors (Lipinski definition) is 4. The summed E-state index contributed by atoms with van der Waals surface area (Å²) in [4.78, 5) is 10.5. The van der Waals surface area contributed by atoms with E-state index in [1.54, 1.807) is 7.05 Å². The highest BCUT2D eigenvalue weighted by Crippen LogP contribution is 2.28. The molecule has 0 aliphatic heterocycles. The Morgan fingerprint density at radius 3 is 2.47 bits per heavy atom. The molecule has 0 saturated heterocycles. The fraction of sp³-hybridized carbons (Fsp3) is 0.0769. The number of nitrogens with one attached hydrogen (secondary N) is 2. The number of anilines is 3. The Bertz CT molecular complexity index is 617. The van der Waals surface area contributed by atoms with Gasteiger partial charge in [0.2, 0.25) is 0 Å². The van der Waals surface area contributed by atoms with E-state index >= 15 is 0 Å². The lowest BCUT2D eigenvalue weighted by Gasteiger charge is -2.10. The van der Waals surface area contributed by atoms with Crippen molar-refractivity contribution in [3.63, 3.8) is 0 Å². The third-order valence-corrected chi connectivity index (χ3v) is 3.51. The summed E-state index contributed by atoms with van der Waals surface area (Å²) in [6.07, 6.45) is 0. The van der Waals surface area contributed by atoms with E-state index < -0.39 is 4.92 Å². The first-order valence-corrected chi connectivity index (χ1v) is 6.67. The zero-order chi connectivity index (χ0) is 13.8. The van der Waals surface area contributed by atoms with E-state index in [0.717, 1.165) is 9.26 Å². The minimum Gasteiger partial charge on any atom is -0.388 e. The van der Waals surface area contributed by atoms with Gasteiger partial charge in [-0.25, -0.2) is 0 Å². The number of hydrogen-bond donors (Lipinski definition) is 2. The van der Waals surface area contributed by atoms with Crippen LogP contribution in [0.4, 0.5) is 22.7 Å². The monoisotopic (exact) mass is 369 g/mol. The molecule has 0 fully saturated rings. The van der Waals surface area contributed by atoms with E-state index in [9.17, 15) is 10.1 Å². The van der Waals surface area contributed by atoms with Gasteiger partial charge in [0.15, 0.2) is 0 Å². The van der Waals surface area contributed by atoms with E-state index in [-0.39, 0.29) is 5.69 Å². The van der Waals surface area contributed by atoms with Crippen LogP contribution in [0.3, 0.4) is 0 Å². The smallest absolute Gasteiger partial charge is 0.273 e. The molecule has 0 amide bonds. The Hall–Kier alpha value is -1.83.